The first-order chi connectivity index (χ1) is 13.2. The molecular formula is C18H24N6O2S. The Hall–Kier alpha value is -2.52. The number of amides is 2. The predicted molar refractivity (Wildman–Crippen MR) is 105 cm³/mol. The number of hydrogen-bond donors (Lipinski definition) is 2. The van der Waals surface area contributed by atoms with Crippen molar-refractivity contribution in [3.8, 4) is 0 Å². The van der Waals surface area contributed by atoms with E-state index >= 15 is 0 Å². The lowest BCUT2D eigenvalue weighted by Gasteiger charge is -2.34. The molecule has 0 unspecified atom stereocenters. The predicted octanol–water partition coefficient (Wildman–Crippen LogP) is 0.596. The molecule has 8 nitrogen and oxygen atoms in total. The molecule has 2 N–H and O–H groups in total. The van der Waals surface area contributed by atoms with Gasteiger partial charge in [0.15, 0.2) is 0 Å². The molecule has 0 radical (unpaired) electrons. The van der Waals surface area contributed by atoms with Crippen LogP contribution in [0.5, 0.6) is 0 Å². The quantitative estimate of drug-likeness (QED) is 0.688. The molecule has 0 saturated carbocycles. The fourth-order valence-corrected chi connectivity index (χ4v) is 3.49. The Labute approximate surface area is 162 Å². The standard InChI is InChI=1S/C18H24N6O2S/c25-16(4-7-20-17(26)15-3-1-14-27-15)19-8-9-23-10-12-24(13-11-23)18-21-5-2-6-22-18/h1-3,5-6,14H,4,7-13H2,(H,19,25)(H,20,26). The van der Waals surface area contributed by atoms with E-state index in [-0.39, 0.29) is 18.2 Å². The van der Waals surface area contributed by atoms with Crippen LogP contribution in [0.4, 0.5) is 5.95 Å². The molecule has 1 saturated heterocycles. The smallest absolute Gasteiger partial charge is 0.261 e. The lowest BCUT2D eigenvalue weighted by atomic mass is 10.3. The van der Waals surface area contributed by atoms with E-state index in [2.05, 4.69) is 30.4 Å². The molecule has 144 valence electrons. The van der Waals surface area contributed by atoms with Gasteiger partial charge in [-0.25, -0.2) is 9.97 Å². The van der Waals surface area contributed by atoms with Gasteiger partial charge in [-0.2, -0.15) is 0 Å². The molecule has 2 aromatic rings. The van der Waals surface area contributed by atoms with Gasteiger partial charge in [0, 0.05) is 64.6 Å². The van der Waals surface area contributed by atoms with Gasteiger partial charge in [0.25, 0.3) is 5.91 Å². The van der Waals surface area contributed by atoms with Crippen molar-refractivity contribution in [3.05, 3.63) is 40.8 Å². The molecule has 3 heterocycles. The van der Waals surface area contributed by atoms with E-state index in [0.717, 1.165) is 38.7 Å². The Morgan fingerprint density at radius 3 is 2.52 bits per heavy atom. The summed E-state index contributed by atoms with van der Waals surface area (Å²) in [6, 6.07) is 5.42. The van der Waals surface area contributed by atoms with Crippen LogP contribution in [-0.2, 0) is 4.79 Å². The largest absolute Gasteiger partial charge is 0.355 e. The zero-order valence-corrected chi connectivity index (χ0v) is 16.0. The van der Waals surface area contributed by atoms with E-state index in [9.17, 15) is 9.59 Å². The molecule has 2 aromatic heterocycles. The second-order valence-electron chi connectivity index (χ2n) is 6.21. The lowest BCUT2D eigenvalue weighted by Crippen LogP contribution is -2.49. The van der Waals surface area contributed by atoms with Crippen molar-refractivity contribution in [2.45, 2.75) is 6.42 Å². The fraction of sp³-hybridized carbons (Fsp3) is 0.444. The van der Waals surface area contributed by atoms with E-state index in [1.54, 1.807) is 18.5 Å². The van der Waals surface area contributed by atoms with Gasteiger partial charge < -0.3 is 15.5 Å². The van der Waals surface area contributed by atoms with E-state index in [0.29, 0.717) is 18.0 Å². The summed E-state index contributed by atoms with van der Waals surface area (Å²) in [7, 11) is 0. The van der Waals surface area contributed by atoms with Gasteiger partial charge in [-0.3, -0.25) is 14.5 Å². The van der Waals surface area contributed by atoms with Gasteiger partial charge in [0.2, 0.25) is 11.9 Å². The minimum absolute atomic E-state index is 0.0437. The van der Waals surface area contributed by atoms with Crippen LogP contribution in [0, 0.1) is 0 Å². The van der Waals surface area contributed by atoms with Gasteiger partial charge in [-0.1, -0.05) is 6.07 Å². The topological polar surface area (TPSA) is 90.5 Å². The number of piperazine rings is 1. The van der Waals surface area contributed by atoms with Crippen molar-refractivity contribution in [3.63, 3.8) is 0 Å². The summed E-state index contributed by atoms with van der Waals surface area (Å²) in [5.74, 6) is 0.603. The second kappa shape index (κ2) is 9.98. The average molecular weight is 388 g/mol. The van der Waals surface area contributed by atoms with E-state index in [1.807, 2.05) is 17.5 Å². The summed E-state index contributed by atoms with van der Waals surface area (Å²) in [6.07, 6.45) is 3.80. The van der Waals surface area contributed by atoms with Gasteiger partial charge in [-0.05, 0) is 17.5 Å². The summed E-state index contributed by atoms with van der Waals surface area (Å²) in [6.45, 7) is 5.38. The molecule has 0 bridgehead atoms. The molecule has 1 fully saturated rings. The van der Waals surface area contributed by atoms with Gasteiger partial charge in [-0.15, -0.1) is 11.3 Å². The third-order valence-corrected chi connectivity index (χ3v) is 5.21. The summed E-state index contributed by atoms with van der Waals surface area (Å²) < 4.78 is 0. The molecule has 0 aliphatic carbocycles. The normalized spacial score (nSPS) is 14.7. The molecule has 0 atom stereocenters. The first kappa shape index (κ1) is 19.2. The first-order valence-corrected chi connectivity index (χ1v) is 9.93. The third-order valence-electron chi connectivity index (χ3n) is 4.34. The number of hydrogen-bond acceptors (Lipinski definition) is 7. The molecule has 9 heteroatoms. The van der Waals surface area contributed by atoms with Crippen molar-refractivity contribution < 1.29 is 9.59 Å². The molecule has 3 rings (SSSR count). The SMILES string of the molecule is O=C(CCNC(=O)c1cccs1)NCCN1CCN(c2ncccn2)CC1. The Morgan fingerprint density at radius 2 is 1.81 bits per heavy atom. The second-order valence-corrected chi connectivity index (χ2v) is 7.16. The van der Waals surface area contributed by atoms with Crippen molar-refractivity contribution in [1.29, 1.82) is 0 Å². The number of anilines is 1. The highest BCUT2D eigenvalue weighted by Crippen LogP contribution is 2.09. The van der Waals surface area contributed by atoms with Crippen LogP contribution >= 0.6 is 11.3 Å². The highest BCUT2D eigenvalue weighted by atomic mass is 32.1. The van der Waals surface area contributed by atoms with Gasteiger partial charge in [0.1, 0.15) is 0 Å². The summed E-state index contributed by atoms with van der Waals surface area (Å²) >= 11 is 1.39. The molecule has 0 aromatic carbocycles. The number of nitrogens with zero attached hydrogens (tertiary/aromatic N) is 4. The van der Waals surface area contributed by atoms with Crippen LogP contribution in [0.3, 0.4) is 0 Å². The van der Waals surface area contributed by atoms with E-state index < -0.39 is 0 Å². The zero-order chi connectivity index (χ0) is 18.9. The Bertz CT molecular complexity index is 717. The number of nitrogens with one attached hydrogen (secondary N) is 2. The summed E-state index contributed by atoms with van der Waals surface area (Å²) in [4.78, 5) is 37.4. The van der Waals surface area contributed by atoms with Crippen LogP contribution in [0.15, 0.2) is 36.0 Å². The minimum Gasteiger partial charge on any atom is -0.355 e. The highest BCUT2D eigenvalue weighted by molar-refractivity contribution is 7.12. The first-order valence-electron chi connectivity index (χ1n) is 9.05. The fourth-order valence-electron chi connectivity index (χ4n) is 2.85. The average Bonchev–Trinajstić information content (AvgIpc) is 3.24. The van der Waals surface area contributed by atoms with Crippen molar-refractivity contribution in [1.82, 2.24) is 25.5 Å². The molecule has 27 heavy (non-hydrogen) atoms. The maximum Gasteiger partial charge on any atom is 0.261 e. The maximum atomic E-state index is 11.9. The Kier molecular flexibility index (Phi) is 7.11. The lowest BCUT2D eigenvalue weighted by molar-refractivity contribution is -0.121. The van der Waals surface area contributed by atoms with Crippen LogP contribution < -0.4 is 15.5 Å². The minimum atomic E-state index is -0.127. The molecule has 0 spiro atoms. The summed E-state index contributed by atoms with van der Waals surface area (Å²) in [5, 5.41) is 7.53. The molecule has 2 amide bonds. The number of carbonyl (C=O) groups is 2. The van der Waals surface area contributed by atoms with E-state index in [1.165, 1.54) is 11.3 Å². The Morgan fingerprint density at radius 1 is 1.04 bits per heavy atom. The molecule has 1 aliphatic heterocycles. The molecule has 1 aliphatic rings. The van der Waals surface area contributed by atoms with Crippen LogP contribution in [0.1, 0.15) is 16.1 Å². The monoisotopic (exact) mass is 388 g/mol. The maximum absolute atomic E-state index is 11.9. The summed E-state index contributed by atoms with van der Waals surface area (Å²) in [5.41, 5.74) is 0. The van der Waals surface area contributed by atoms with Crippen molar-refractivity contribution in [2.75, 3.05) is 50.7 Å². The third kappa shape index (κ3) is 6.00. The number of rotatable bonds is 8. The Balaban J connectivity index is 1.26. The van der Waals surface area contributed by atoms with Crippen LogP contribution in [0.2, 0.25) is 0 Å². The van der Waals surface area contributed by atoms with Crippen LogP contribution in [-0.4, -0.2) is 72.5 Å². The number of thiophene rings is 1. The zero-order valence-electron chi connectivity index (χ0n) is 15.1. The van der Waals surface area contributed by atoms with Crippen molar-refractivity contribution in [2.24, 2.45) is 0 Å². The van der Waals surface area contributed by atoms with Gasteiger partial charge >= 0.3 is 0 Å². The van der Waals surface area contributed by atoms with Gasteiger partial charge in [0.05, 0.1) is 4.88 Å². The molecular weight excluding hydrogens is 364 g/mol. The van der Waals surface area contributed by atoms with E-state index in [4.69, 9.17) is 0 Å². The van der Waals surface area contributed by atoms with Crippen molar-refractivity contribution >= 4 is 29.1 Å². The number of aromatic nitrogens is 2. The van der Waals surface area contributed by atoms with Crippen LogP contribution in [0.25, 0.3) is 0 Å². The highest BCUT2D eigenvalue weighted by Gasteiger charge is 2.18. The number of carbonyl (C=O) groups excluding carboxylic acids is 2.